The van der Waals surface area contributed by atoms with Gasteiger partial charge >= 0.3 is 0 Å². The Labute approximate surface area is 127 Å². The average molecular weight is 336 g/mol. The maximum absolute atomic E-state index is 3.54. The Balaban J connectivity index is 1.83. The molecule has 2 aromatic carbocycles. The minimum atomic E-state index is 0.959. The number of halogens is 1. The number of benzene rings is 2. The van der Waals surface area contributed by atoms with Gasteiger partial charge in [-0.15, -0.1) is 11.8 Å². The van der Waals surface area contributed by atoms with Crippen molar-refractivity contribution in [3.05, 3.63) is 58.1 Å². The number of anilines is 1. The number of thioether (sulfide) groups is 1. The number of rotatable bonds is 5. The van der Waals surface area contributed by atoms with Crippen molar-refractivity contribution in [3.63, 3.8) is 0 Å². The first-order valence-corrected chi connectivity index (χ1v) is 8.13. The second kappa shape index (κ2) is 7.01. The lowest BCUT2D eigenvalue weighted by atomic mass is 10.2. The van der Waals surface area contributed by atoms with E-state index in [1.54, 1.807) is 0 Å². The fourth-order valence-electron chi connectivity index (χ4n) is 1.91. The lowest BCUT2D eigenvalue weighted by Gasteiger charge is -2.09. The second-order valence-corrected chi connectivity index (χ2v) is 6.52. The van der Waals surface area contributed by atoms with E-state index in [0.29, 0.717) is 0 Å². The Morgan fingerprint density at radius 3 is 2.63 bits per heavy atom. The third-order valence-electron chi connectivity index (χ3n) is 2.88. The first-order chi connectivity index (χ1) is 9.16. The van der Waals surface area contributed by atoms with E-state index in [1.165, 1.54) is 16.0 Å². The standard InChI is InChI=1S/C16H18BrNS/c1-12-7-8-16(13(2)11-12)19-10-9-18-15-6-4-3-5-14(15)17/h3-8,11,18H,9-10H2,1-2H3. The molecule has 0 saturated heterocycles. The zero-order valence-corrected chi connectivity index (χ0v) is 13.6. The summed E-state index contributed by atoms with van der Waals surface area (Å²) in [7, 11) is 0. The predicted octanol–water partition coefficient (Wildman–Crippen LogP) is 5.27. The Bertz CT molecular complexity index is 554. The molecule has 2 rings (SSSR count). The summed E-state index contributed by atoms with van der Waals surface area (Å²) in [5.41, 5.74) is 3.85. The van der Waals surface area contributed by atoms with Gasteiger partial charge in [-0.25, -0.2) is 0 Å². The van der Waals surface area contributed by atoms with E-state index in [0.717, 1.165) is 22.5 Å². The molecule has 3 heteroatoms. The fourth-order valence-corrected chi connectivity index (χ4v) is 3.21. The molecule has 0 spiro atoms. The first-order valence-electron chi connectivity index (χ1n) is 6.35. The van der Waals surface area contributed by atoms with E-state index in [-0.39, 0.29) is 0 Å². The quantitative estimate of drug-likeness (QED) is 0.590. The average Bonchev–Trinajstić information content (AvgIpc) is 2.38. The SMILES string of the molecule is Cc1ccc(SCCNc2ccccc2Br)c(C)c1. The van der Waals surface area contributed by atoms with Gasteiger partial charge < -0.3 is 5.32 Å². The molecule has 0 radical (unpaired) electrons. The molecular formula is C16H18BrNS. The van der Waals surface area contributed by atoms with Gasteiger partial charge in [0.05, 0.1) is 0 Å². The fraction of sp³-hybridized carbons (Fsp3) is 0.250. The van der Waals surface area contributed by atoms with Crippen LogP contribution in [0.4, 0.5) is 5.69 Å². The van der Waals surface area contributed by atoms with Crippen LogP contribution in [-0.2, 0) is 0 Å². The molecule has 0 aliphatic heterocycles. The summed E-state index contributed by atoms with van der Waals surface area (Å²) in [5.74, 6) is 1.06. The number of para-hydroxylation sites is 1. The largest absolute Gasteiger partial charge is 0.383 e. The molecule has 0 aliphatic rings. The van der Waals surface area contributed by atoms with E-state index in [9.17, 15) is 0 Å². The van der Waals surface area contributed by atoms with Crippen molar-refractivity contribution >= 4 is 33.4 Å². The smallest absolute Gasteiger partial charge is 0.0484 e. The second-order valence-electron chi connectivity index (χ2n) is 4.52. The molecule has 19 heavy (non-hydrogen) atoms. The lowest BCUT2D eigenvalue weighted by molar-refractivity contribution is 1.21. The molecule has 1 N–H and O–H groups in total. The zero-order chi connectivity index (χ0) is 13.7. The van der Waals surface area contributed by atoms with Crippen molar-refractivity contribution in [3.8, 4) is 0 Å². The number of hydrogen-bond donors (Lipinski definition) is 1. The Hall–Kier alpha value is -0.930. The van der Waals surface area contributed by atoms with Crippen LogP contribution in [0.1, 0.15) is 11.1 Å². The molecule has 0 heterocycles. The third kappa shape index (κ3) is 4.29. The molecule has 0 aliphatic carbocycles. The summed E-state index contributed by atoms with van der Waals surface area (Å²) in [5, 5.41) is 3.45. The maximum atomic E-state index is 3.54. The van der Waals surface area contributed by atoms with Crippen molar-refractivity contribution in [2.75, 3.05) is 17.6 Å². The molecule has 0 atom stereocenters. The van der Waals surface area contributed by atoms with Gasteiger partial charge in [0.1, 0.15) is 0 Å². The summed E-state index contributed by atoms with van der Waals surface area (Å²) >= 11 is 5.45. The van der Waals surface area contributed by atoms with Crippen molar-refractivity contribution < 1.29 is 0 Å². The number of aryl methyl sites for hydroxylation is 2. The third-order valence-corrected chi connectivity index (χ3v) is 4.75. The van der Waals surface area contributed by atoms with Crippen LogP contribution in [0.25, 0.3) is 0 Å². The molecule has 0 unspecified atom stereocenters. The molecule has 0 amide bonds. The van der Waals surface area contributed by atoms with Crippen LogP contribution in [0.15, 0.2) is 51.8 Å². The number of hydrogen-bond acceptors (Lipinski definition) is 2. The topological polar surface area (TPSA) is 12.0 Å². The maximum Gasteiger partial charge on any atom is 0.0484 e. The van der Waals surface area contributed by atoms with E-state index in [1.807, 2.05) is 23.9 Å². The van der Waals surface area contributed by atoms with Crippen molar-refractivity contribution in [2.45, 2.75) is 18.7 Å². The minimum absolute atomic E-state index is 0.959. The van der Waals surface area contributed by atoms with Gasteiger partial charge in [0.2, 0.25) is 0 Å². The Morgan fingerprint density at radius 1 is 1.11 bits per heavy atom. The predicted molar refractivity (Wildman–Crippen MR) is 89.3 cm³/mol. The van der Waals surface area contributed by atoms with Crippen LogP contribution < -0.4 is 5.32 Å². The van der Waals surface area contributed by atoms with Crippen LogP contribution in [-0.4, -0.2) is 12.3 Å². The van der Waals surface area contributed by atoms with Crippen LogP contribution >= 0.6 is 27.7 Å². The molecule has 2 aromatic rings. The molecule has 0 aromatic heterocycles. The van der Waals surface area contributed by atoms with E-state index < -0.39 is 0 Å². The van der Waals surface area contributed by atoms with Gasteiger partial charge in [-0.1, -0.05) is 29.8 Å². The van der Waals surface area contributed by atoms with E-state index >= 15 is 0 Å². The zero-order valence-electron chi connectivity index (χ0n) is 11.2. The Kier molecular flexibility index (Phi) is 5.34. The van der Waals surface area contributed by atoms with Crippen LogP contribution in [0.3, 0.4) is 0 Å². The highest BCUT2D eigenvalue weighted by Crippen LogP contribution is 2.24. The highest BCUT2D eigenvalue weighted by molar-refractivity contribution is 9.10. The van der Waals surface area contributed by atoms with Crippen LogP contribution in [0.2, 0.25) is 0 Å². The summed E-state index contributed by atoms with van der Waals surface area (Å²) in [6.45, 7) is 5.27. The highest BCUT2D eigenvalue weighted by atomic mass is 79.9. The molecule has 1 nitrogen and oxygen atoms in total. The molecular weight excluding hydrogens is 318 g/mol. The van der Waals surface area contributed by atoms with Gasteiger partial charge in [-0.2, -0.15) is 0 Å². The van der Waals surface area contributed by atoms with Gasteiger partial charge in [0, 0.05) is 27.4 Å². The monoisotopic (exact) mass is 335 g/mol. The van der Waals surface area contributed by atoms with E-state index in [2.05, 4.69) is 65.4 Å². The lowest BCUT2D eigenvalue weighted by Crippen LogP contribution is -2.04. The molecule has 0 bridgehead atoms. The highest BCUT2D eigenvalue weighted by Gasteiger charge is 2.00. The van der Waals surface area contributed by atoms with Crippen molar-refractivity contribution in [2.24, 2.45) is 0 Å². The van der Waals surface area contributed by atoms with Crippen molar-refractivity contribution in [1.29, 1.82) is 0 Å². The summed E-state index contributed by atoms with van der Waals surface area (Å²) in [6.07, 6.45) is 0. The van der Waals surface area contributed by atoms with Gasteiger partial charge in [0.15, 0.2) is 0 Å². The van der Waals surface area contributed by atoms with Crippen LogP contribution in [0.5, 0.6) is 0 Å². The molecule has 0 saturated carbocycles. The van der Waals surface area contributed by atoms with Gasteiger partial charge in [-0.05, 0) is 53.5 Å². The van der Waals surface area contributed by atoms with E-state index in [4.69, 9.17) is 0 Å². The normalized spacial score (nSPS) is 10.5. The molecule has 100 valence electrons. The number of nitrogens with one attached hydrogen (secondary N) is 1. The summed E-state index contributed by atoms with van der Waals surface area (Å²) in [6, 6.07) is 14.9. The van der Waals surface area contributed by atoms with Gasteiger partial charge in [0.25, 0.3) is 0 Å². The molecule has 0 fully saturated rings. The van der Waals surface area contributed by atoms with Crippen molar-refractivity contribution in [1.82, 2.24) is 0 Å². The van der Waals surface area contributed by atoms with Crippen LogP contribution in [0, 0.1) is 13.8 Å². The minimum Gasteiger partial charge on any atom is -0.383 e. The summed E-state index contributed by atoms with van der Waals surface area (Å²) < 4.78 is 1.12. The summed E-state index contributed by atoms with van der Waals surface area (Å²) in [4.78, 5) is 1.37. The first kappa shape index (κ1) is 14.5. The Morgan fingerprint density at radius 2 is 1.89 bits per heavy atom. The van der Waals surface area contributed by atoms with Gasteiger partial charge in [-0.3, -0.25) is 0 Å².